The molecule has 2 aliphatic rings. The van der Waals surface area contributed by atoms with Crippen molar-refractivity contribution in [2.45, 2.75) is 19.8 Å². The number of hydrogen-bond donors (Lipinski definition) is 1. The predicted molar refractivity (Wildman–Crippen MR) is 67.0 cm³/mol. The summed E-state index contributed by atoms with van der Waals surface area (Å²) < 4.78 is 1.76. The van der Waals surface area contributed by atoms with E-state index in [9.17, 15) is 4.79 Å². The molecule has 92 valence electrons. The molecule has 0 aliphatic heterocycles. The van der Waals surface area contributed by atoms with Gasteiger partial charge in [-0.15, -0.1) is 0 Å². The van der Waals surface area contributed by atoms with E-state index in [1.165, 1.54) is 0 Å². The fraction of sp³-hybridized carbons (Fsp3) is 0.462. The van der Waals surface area contributed by atoms with Crippen molar-refractivity contribution >= 4 is 22.6 Å². The Balaban J connectivity index is 1.68. The van der Waals surface area contributed by atoms with Gasteiger partial charge in [0, 0.05) is 12.4 Å². The van der Waals surface area contributed by atoms with Crippen molar-refractivity contribution in [3.05, 3.63) is 18.0 Å². The zero-order valence-corrected chi connectivity index (χ0v) is 10.4. The molecule has 2 heterocycles. The number of carbonyl (C=O) groups is 1. The van der Waals surface area contributed by atoms with Gasteiger partial charge in [0.1, 0.15) is 0 Å². The molecule has 2 aromatic heterocycles. The van der Waals surface area contributed by atoms with Crippen LogP contribution in [0.4, 0.5) is 5.69 Å². The van der Waals surface area contributed by atoms with Crippen LogP contribution in [0.25, 0.3) is 11.0 Å². The Labute approximate surface area is 104 Å². The molecule has 0 spiro atoms. The maximum atomic E-state index is 12.0. The first-order valence-corrected chi connectivity index (χ1v) is 6.21. The van der Waals surface area contributed by atoms with Crippen LogP contribution < -0.4 is 5.32 Å². The highest BCUT2D eigenvalue weighted by Gasteiger charge is 2.74. The Morgan fingerprint density at radius 2 is 2.28 bits per heavy atom. The number of fused-ring (bicyclic) bond motifs is 2. The molecule has 0 aromatic carbocycles. The highest BCUT2D eigenvalue weighted by Crippen LogP contribution is 2.75. The van der Waals surface area contributed by atoms with Crippen molar-refractivity contribution in [3.63, 3.8) is 0 Å². The number of anilines is 1. The fourth-order valence-corrected chi connectivity index (χ4v) is 2.70. The van der Waals surface area contributed by atoms with E-state index in [1.54, 1.807) is 10.9 Å². The van der Waals surface area contributed by atoms with E-state index in [0.29, 0.717) is 5.92 Å². The zero-order valence-electron chi connectivity index (χ0n) is 10.4. The number of rotatable bonds is 2. The summed E-state index contributed by atoms with van der Waals surface area (Å²) in [4.78, 5) is 16.4. The maximum absolute atomic E-state index is 12.0. The van der Waals surface area contributed by atoms with Crippen LogP contribution in [0.5, 0.6) is 0 Å². The van der Waals surface area contributed by atoms with Gasteiger partial charge in [-0.05, 0) is 31.7 Å². The summed E-state index contributed by atoms with van der Waals surface area (Å²) in [5.74, 6) is 0.824. The van der Waals surface area contributed by atoms with E-state index in [2.05, 4.69) is 15.4 Å². The number of hydrogen-bond acceptors (Lipinski definition) is 3. The van der Waals surface area contributed by atoms with E-state index >= 15 is 0 Å². The van der Waals surface area contributed by atoms with E-state index in [0.717, 1.165) is 35.3 Å². The van der Waals surface area contributed by atoms with Gasteiger partial charge in [-0.3, -0.25) is 9.48 Å². The minimum absolute atomic E-state index is 0.00105. The third-order valence-electron chi connectivity index (χ3n) is 4.26. The second-order valence-corrected chi connectivity index (χ2v) is 5.52. The van der Waals surface area contributed by atoms with Crippen LogP contribution in [0.3, 0.4) is 0 Å². The van der Waals surface area contributed by atoms with Crippen molar-refractivity contribution in [1.29, 1.82) is 0 Å². The lowest BCUT2D eigenvalue weighted by atomic mass is 10.2. The largest absolute Gasteiger partial charge is 0.324 e. The average molecular weight is 242 g/mol. The van der Waals surface area contributed by atoms with Gasteiger partial charge in [0.05, 0.1) is 23.0 Å². The molecule has 2 aliphatic carbocycles. The van der Waals surface area contributed by atoms with Crippen molar-refractivity contribution in [2.75, 3.05) is 5.32 Å². The number of aromatic nitrogens is 3. The molecule has 0 unspecified atom stereocenters. The molecule has 5 nitrogen and oxygen atoms in total. The first kappa shape index (κ1) is 10.1. The molecule has 1 amide bonds. The molecule has 18 heavy (non-hydrogen) atoms. The summed E-state index contributed by atoms with van der Waals surface area (Å²) in [5.41, 5.74) is 2.55. The number of amides is 1. The highest BCUT2D eigenvalue weighted by molar-refractivity contribution is 6.01. The first-order chi connectivity index (χ1) is 8.60. The molecule has 4 rings (SSSR count). The molecule has 1 N–H and O–H groups in total. The van der Waals surface area contributed by atoms with Crippen molar-refractivity contribution in [3.8, 4) is 0 Å². The van der Waals surface area contributed by atoms with E-state index in [4.69, 9.17) is 0 Å². The van der Waals surface area contributed by atoms with E-state index in [-0.39, 0.29) is 11.3 Å². The van der Waals surface area contributed by atoms with Gasteiger partial charge in [0.25, 0.3) is 0 Å². The van der Waals surface area contributed by atoms with Crippen LogP contribution >= 0.6 is 0 Å². The van der Waals surface area contributed by atoms with Gasteiger partial charge in [-0.1, -0.05) is 0 Å². The number of nitrogens with one attached hydrogen (secondary N) is 1. The third-order valence-corrected chi connectivity index (χ3v) is 4.26. The van der Waals surface area contributed by atoms with Crippen molar-refractivity contribution in [1.82, 2.24) is 14.8 Å². The topological polar surface area (TPSA) is 59.8 Å². The van der Waals surface area contributed by atoms with Crippen molar-refractivity contribution < 1.29 is 4.79 Å². The Bertz CT molecular complexity index is 682. The van der Waals surface area contributed by atoms with Crippen LogP contribution in [-0.2, 0) is 11.8 Å². The van der Waals surface area contributed by atoms with Crippen molar-refractivity contribution in [2.24, 2.45) is 18.4 Å². The van der Waals surface area contributed by atoms with Gasteiger partial charge in [-0.25, -0.2) is 4.98 Å². The smallest absolute Gasteiger partial charge is 0.230 e. The molecule has 0 radical (unpaired) electrons. The minimum Gasteiger partial charge on any atom is -0.324 e. The Morgan fingerprint density at radius 1 is 1.56 bits per heavy atom. The molecule has 0 bridgehead atoms. The summed E-state index contributed by atoms with van der Waals surface area (Å²) in [6.45, 7) is 1.95. The van der Waals surface area contributed by atoms with Crippen LogP contribution in [-0.4, -0.2) is 20.7 Å². The number of pyridine rings is 1. The Hall–Kier alpha value is -1.91. The SMILES string of the molecule is Cc1nn(C)c2ncc(NC(=O)C34CC3C4)cc12. The lowest BCUT2D eigenvalue weighted by molar-refractivity contribution is -0.119. The summed E-state index contributed by atoms with van der Waals surface area (Å²) in [5, 5.41) is 8.29. The predicted octanol–water partition coefficient (Wildman–Crippen LogP) is 1.63. The Morgan fingerprint density at radius 3 is 2.94 bits per heavy atom. The second-order valence-electron chi connectivity index (χ2n) is 5.52. The lowest BCUT2D eigenvalue weighted by Gasteiger charge is -2.06. The third kappa shape index (κ3) is 1.19. The minimum atomic E-state index is -0.00105. The molecule has 2 fully saturated rings. The number of aryl methyl sites for hydroxylation is 2. The van der Waals surface area contributed by atoms with E-state index in [1.807, 2.05) is 20.0 Å². The molecule has 5 heteroatoms. The fourth-order valence-electron chi connectivity index (χ4n) is 2.70. The lowest BCUT2D eigenvalue weighted by Crippen LogP contribution is -2.18. The van der Waals surface area contributed by atoms with Crippen LogP contribution in [0.1, 0.15) is 18.5 Å². The van der Waals surface area contributed by atoms with Gasteiger partial charge < -0.3 is 5.32 Å². The summed E-state index contributed by atoms with van der Waals surface area (Å²) in [6.07, 6.45) is 3.85. The molecule has 2 aromatic rings. The molecular weight excluding hydrogens is 228 g/mol. The quantitative estimate of drug-likeness (QED) is 0.870. The summed E-state index contributed by atoms with van der Waals surface area (Å²) in [7, 11) is 1.87. The molecular formula is C13H14N4O. The normalized spacial score (nSPS) is 28.0. The van der Waals surface area contributed by atoms with Gasteiger partial charge >= 0.3 is 0 Å². The monoisotopic (exact) mass is 242 g/mol. The number of carbonyl (C=O) groups excluding carboxylic acids is 1. The summed E-state index contributed by atoms with van der Waals surface area (Å²) >= 11 is 0. The van der Waals surface area contributed by atoms with Gasteiger partial charge in [-0.2, -0.15) is 5.10 Å². The van der Waals surface area contributed by atoms with E-state index < -0.39 is 0 Å². The van der Waals surface area contributed by atoms with Gasteiger partial charge in [0.2, 0.25) is 5.91 Å². The molecule has 2 saturated carbocycles. The maximum Gasteiger partial charge on any atom is 0.230 e. The Kier molecular flexibility index (Phi) is 1.62. The average Bonchev–Trinajstić information content (AvgIpc) is 3.14. The standard InChI is InChI=1S/C13H14N4O/c1-7-10-3-9(6-14-11(10)17(2)16-7)15-12(18)13-4-8(13)5-13/h3,6,8H,4-5H2,1-2H3,(H,15,18). The molecule has 0 atom stereocenters. The summed E-state index contributed by atoms with van der Waals surface area (Å²) in [6, 6.07) is 1.96. The highest BCUT2D eigenvalue weighted by atomic mass is 16.2. The first-order valence-electron chi connectivity index (χ1n) is 6.21. The van der Waals surface area contributed by atoms with Crippen LogP contribution in [0, 0.1) is 18.3 Å². The second kappa shape index (κ2) is 2.91. The van der Waals surface area contributed by atoms with Gasteiger partial charge in [0.15, 0.2) is 5.65 Å². The number of nitrogens with zero attached hydrogens (tertiary/aromatic N) is 3. The molecule has 0 saturated heterocycles. The van der Waals surface area contributed by atoms with Crippen LogP contribution in [0.2, 0.25) is 0 Å². The van der Waals surface area contributed by atoms with Crippen LogP contribution in [0.15, 0.2) is 12.3 Å². The zero-order chi connectivity index (χ0) is 12.5.